The number of carbonyl (C=O) groups excluding carboxylic acids is 1. The zero-order chi connectivity index (χ0) is 13.5. The number of hydrogen-bond acceptors (Lipinski definition) is 3. The van der Waals surface area contributed by atoms with Crippen molar-refractivity contribution in [2.24, 2.45) is 0 Å². The van der Waals surface area contributed by atoms with Gasteiger partial charge < -0.3 is 15.7 Å². The molecule has 1 heterocycles. The molecule has 2 amide bonds. The number of aliphatic hydroxyl groups is 1. The van der Waals surface area contributed by atoms with E-state index in [2.05, 4.69) is 10.6 Å². The molecule has 1 unspecified atom stereocenters. The maximum Gasteiger partial charge on any atom is 0.315 e. The van der Waals surface area contributed by atoms with E-state index < -0.39 is 6.10 Å². The molecular weight excluding hydrogens is 260 g/mol. The molecule has 1 aliphatic rings. The monoisotopic (exact) mass is 282 g/mol. The van der Waals surface area contributed by atoms with Crippen LogP contribution < -0.4 is 10.6 Å². The van der Waals surface area contributed by atoms with Crippen LogP contribution in [0.3, 0.4) is 0 Å². The van der Waals surface area contributed by atoms with Crippen LogP contribution in [0.2, 0.25) is 0 Å². The van der Waals surface area contributed by atoms with Crippen molar-refractivity contribution in [1.82, 2.24) is 10.6 Å². The number of urea groups is 1. The topological polar surface area (TPSA) is 61.4 Å². The Bertz CT molecular complexity index is 375. The molecule has 5 heteroatoms. The standard InChI is InChI=1S/C14H22N2O2S/c17-13(11-7-9-19-10-11)6-8-15-14(18)16-12-4-2-1-3-5-12/h7,9-10,12-13,17H,1-6,8H2,(H2,15,16,18). The van der Waals surface area contributed by atoms with Crippen molar-refractivity contribution in [2.45, 2.75) is 50.7 Å². The Kier molecular flexibility index (Phi) is 5.66. The van der Waals surface area contributed by atoms with Crippen LogP contribution in [-0.4, -0.2) is 23.7 Å². The second-order valence-electron chi connectivity index (χ2n) is 5.10. The van der Waals surface area contributed by atoms with Gasteiger partial charge in [-0.25, -0.2) is 4.79 Å². The summed E-state index contributed by atoms with van der Waals surface area (Å²) in [4.78, 5) is 11.7. The van der Waals surface area contributed by atoms with Gasteiger partial charge in [0.15, 0.2) is 0 Å². The zero-order valence-electron chi connectivity index (χ0n) is 11.1. The third-order valence-electron chi connectivity index (χ3n) is 3.57. The molecule has 0 bridgehead atoms. The van der Waals surface area contributed by atoms with Crippen molar-refractivity contribution in [3.05, 3.63) is 22.4 Å². The van der Waals surface area contributed by atoms with Gasteiger partial charge in [0, 0.05) is 12.6 Å². The van der Waals surface area contributed by atoms with E-state index in [-0.39, 0.29) is 6.03 Å². The van der Waals surface area contributed by atoms with Crippen molar-refractivity contribution in [2.75, 3.05) is 6.54 Å². The van der Waals surface area contributed by atoms with Gasteiger partial charge in [0.25, 0.3) is 0 Å². The summed E-state index contributed by atoms with van der Waals surface area (Å²) in [6.45, 7) is 0.496. The van der Waals surface area contributed by atoms with Crippen LogP contribution in [0.25, 0.3) is 0 Å². The van der Waals surface area contributed by atoms with Crippen molar-refractivity contribution in [3.63, 3.8) is 0 Å². The Labute approximate surface area is 118 Å². The summed E-state index contributed by atoms with van der Waals surface area (Å²) in [5.41, 5.74) is 0.930. The third-order valence-corrected chi connectivity index (χ3v) is 4.27. The highest BCUT2D eigenvalue weighted by Crippen LogP contribution is 2.19. The van der Waals surface area contributed by atoms with Gasteiger partial charge in [-0.3, -0.25) is 0 Å². The minimum absolute atomic E-state index is 0.107. The molecule has 1 aliphatic carbocycles. The van der Waals surface area contributed by atoms with Crippen LogP contribution in [-0.2, 0) is 0 Å². The first-order chi connectivity index (χ1) is 9.25. The first-order valence-corrected chi connectivity index (χ1v) is 7.94. The van der Waals surface area contributed by atoms with E-state index in [1.54, 1.807) is 11.3 Å². The molecule has 1 aromatic heterocycles. The third kappa shape index (κ3) is 4.84. The second-order valence-corrected chi connectivity index (χ2v) is 5.88. The van der Waals surface area contributed by atoms with Crippen molar-refractivity contribution < 1.29 is 9.90 Å². The first kappa shape index (κ1) is 14.3. The van der Waals surface area contributed by atoms with E-state index in [9.17, 15) is 9.90 Å². The summed E-state index contributed by atoms with van der Waals surface area (Å²) in [6, 6.07) is 2.14. The smallest absolute Gasteiger partial charge is 0.315 e. The second kappa shape index (κ2) is 7.50. The average Bonchev–Trinajstić information content (AvgIpc) is 2.93. The zero-order valence-corrected chi connectivity index (χ0v) is 11.9. The summed E-state index contributed by atoms with van der Waals surface area (Å²) in [5, 5.41) is 19.6. The lowest BCUT2D eigenvalue weighted by Crippen LogP contribution is -2.43. The highest BCUT2D eigenvalue weighted by Gasteiger charge is 2.15. The molecule has 1 atom stereocenters. The lowest BCUT2D eigenvalue weighted by atomic mass is 9.96. The van der Waals surface area contributed by atoms with Crippen LogP contribution in [0.4, 0.5) is 4.79 Å². The molecular formula is C14H22N2O2S. The molecule has 0 radical (unpaired) electrons. The van der Waals surface area contributed by atoms with Crippen LogP contribution in [0.15, 0.2) is 16.8 Å². The molecule has 2 rings (SSSR count). The van der Waals surface area contributed by atoms with Crippen LogP contribution in [0.5, 0.6) is 0 Å². The minimum Gasteiger partial charge on any atom is -0.388 e. The normalized spacial score (nSPS) is 17.9. The fourth-order valence-electron chi connectivity index (χ4n) is 2.44. The maximum atomic E-state index is 11.7. The quantitative estimate of drug-likeness (QED) is 0.777. The number of thiophene rings is 1. The highest BCUT2D eigenvalue weighted by atomic mass is 32.1. The van der Waals surface area contributed by atoms with Crippen molar-refractivity contribution in [1.29, 1.82) is 0 Å². The lowest BCUT2D eigenvalue weighted by Gasteiger charge is -2.23. The van der Waals surface area contributed by atoms with Gasteiger partial charge in [-0.15, -0.1) is 0 Å². The number of amides is 2. The molecule has 0 saturated heterocycles. The highest BCUT2D eigenvalue weighted by molar-refractivity contribution is 7.07. The van der Waals surface area contributed by atoms with Gasteiger partial charge >= 0.3 is 6.03 Å². The number of aliphatic hydroxyl groups excluding tert-OH is 1. The number of carbonyl (C=O) groups is 1. The van der Waals surface area contributed by atoms with Crippen molar-refractivity contribution >= 4 is 17.4 Å². The molecule has 0 aliphatic heterocycles. The van der Waals surface area contributed by atoms with E-state index in [0.29, 0.717) is 19.0 Å². The Morgan fingerprint density at radius 3 is 2.89 bits per heavy atom. The largest absolute Gasteiger partial charge is 0.388 e. The number of hydrogen-bond donors (Lipinski definition) is 3. The average molecular weight is 282 g/mol. The summed E-state index contributed by atoms with van der Waals surface area (Å²) in [6.07, 6.45) is 5.95. The molecule has 1 aromatic rings. The van der Waals surface area contributed by atoms with Crippen LogP contribution >= 0.6 is 11.3 Å². The Morgan fingerprint density at radius 2 is 2.21 bits per heavy atom. The van der Waals surface area contributed by atoms with E-state index >= 15 is 0 Å². The summed E-state index contributed by atoms with van der Waals surface area (Å²) in [5.74, 6) is 0. The fraction of sp³-hybridized carbons (Fsp3) is 0.643. The molecule has 1 fully saturated rings. The van der Waals surface area contributed by atoms with Gasteiger partial charge in [0.05, 0.1) is 6.10 Å². The molecule has 19 heavy (non-hydrogen) atoms. The van der Waals surface area contributed by atoms with E-state index in [1.165, 1.54) is 19.3 Å². The van der Waals surface area contributed by atoms with E-state index in [4.69, 9.17) is 0 Å². The Hall–Kier alpha value is -1.07. The first-order valence-electron chi connectivity index (χ1n) is 7.00. The molecule has 4 nitrogen and oxygen atoms in total. The maximum absolute atomic E-state index is 11.7. The Balaban J connectivity index is 1.61. The lowest BCUT2D eigenvalue weighted by molar-refractivity contribution is 0.167. The van der Waals surface area contributed by atoms with Gasteiger partial charge in [0.1, 0.15) is 0 Å². The predicted molar refractivity (Wildman–Crippen MR) is 77.3 cm³/mol. The van der Waals surface area contributed by atoms with E-state index in [1.807, 2.05) is 16.8 Å². The molecule has 0 aromatic carbocycles. The van der Waals surface area contributed by atoms with Crippen LogP contribution in [0.1, 0.15) is 50.2 Å². The van der Waals surface area contributed by atoms with Gasteiger partial charge in [-0.2, -0.15) is 11.3 Å². The Morgan fingerprint density at radius 1 is 1.42 bits per heavy atom. The summed E-state index contributed by atoms with van der Waals surface area (Å²) >= 11 is 1.57. The van der Waals surface area contributed by atoms with Crippen molar-refractivity contribution in [3.8, 4) is 0 Å². The number of rotatable bonds is 5. The SMILES string of the molecule is O=C(NCCC(O)c1ccsc1)NC1CCCCC1. The molecule has 106 valence electrons. The molecule has 3 N–H and O–H groups in total. The predicted octanol–water partition coefficient (Wildman–Crippen LogP) is 2.80. The molecule has 0 spiro atoms. The van der Waals surface area contributed by atoms with E-state index in [0.717, 1.165) is 18.4 Å². The van der Waals surface area contributed by atoms with Gasteiger partial charge in [-0.05, 0) is 41.7 Å². The minimum atomic E-state index is -0.485. The molecule has 1 saturated carbocycles. The van der Waals surface area contributed by atoms with Crippen LogP contribution in [0, 0.1) is 0 Å². The summed E-state index contributed by atoms with van der Waals surface area (Å²) < 4.78 is 0. The van der Waals surface area contributed by atoms with Gasteiger partial charge in [0.2, 0.25) is 0 Å². The fourth-order valence-corrected chi connectivity index (χ4v) is 3.14. The van der Waals surface area contributed by atoms with Gasteiger partial charge in [-0.1, -0.05) is 19.3 Å². The summed E-state index contributed by atoms with van der Waals surface area (Å²) in [7, 11) is 0. The number of nitrogens with one attached hydrogen (secondary N) is 2.